The highest BCUT2D eigenvalue weighted by Gasteiger charge is 2.19. The van der Waals surface area contributed by atoms with Gasteiger partial charge in [0, 0.05) is 13.0 Å². The van der Waals surface area contributed by atoms with Crippen molar-refractivity contribution in [2.45, 2.75) is 26.2 Å². The predicted molar refractivity (Wildman–Crippen MR) is 66.5 cm³/mol. The third-order valence-corrected chi connectivity index (χ3v) is 2.83. The van der Waals surface area contributed by atoms with Crippen LogP contribution in [0.5, 0.6) is 5.75 Å². The molecule has 3 heteroatoms. The molecule has 1 aliphatic heterocycles. The van der Waals surface area contributed by atoms with Crippen molar-refractivity contribution in [2.75, 3.05) is 18.1 Å². The van der Waals surface area contributed by atoms with E-state index < -0.39 is 0 Å². The fourth-order valence-corrected chi connectivity index (χ4v) is 2.06. The van der Waals surface area contributed by atoms with Crippen molar-refractivity contribution in [3.63, 3.8) is 0 Å². The molecule has 16 heavy (non-hydrogen) atoms. The first-order valence-electron chi connectivity index (χ1n) is 5.89. The zero-order valence-corrected chi connectivity index (χ0v) is 9.70. The summed E-state index contributed by atoms with van der Waals surface area (Å²) >= 11 is 0. The number of anilines is 1. The lowest BCUT2D eigenvalue weighted by Crippen LogP contribution is -2.34. The Bertz CT molecular complexity index is 376. The largest absolute Gasteiger partial charge is 0.492 e. The van der Waals surface area contributed by atoms with Crippen LogP contribution in [-0.4, -0.2) is 19.0 Å². The van der Waals surface area contributed by atoms with Crippen molar-refractivity contribution in [1.82, 2.24) is 0 Å². The molecule has 0 bridgehead atoms. The van der Waals surface area contributed by atoms with E-state index in [0.717, 1.165) is 37.2 Å². The molecule has 86 valence electrons. The van der Waals surface area contributed by atoms with Gasteiger partial charge in [-0.3, -0.25) is 5.41 Å². The fourth-order valence-electron chi connectivity index (χ4n) is 2.06. The van der Waals surface area contributed by atoms with E-state index >= 15 is 0 Å². The summed E-state index contributed by atoms with van der Waals surface area (Å²) < 4.78 is 5.60. The van der Waals surface area contributed by atoms with Gasteiger partial charge >= 0.3 is 0 Å². The number of para-hydroxylation sites is 2. The molecule has 1 aliphatic rings. The van der Waals surface area contributed by atoms with Gasteiger partial charge in [0.15, 0.2) is 0 Å². The lowest BCUT2D eigenvalue weighted by Gasteiger charge is -2.30. The molecule has 0 saturated carbocycles. The van der Waals surface area contributed by atoms with Gasteiger partial charge in [0.2, 0.25) is 0 Å². The number of hydrogen-bond donors (Lipinski definition) is 1. The number of nitrogens with one attached hydrogen (secondary N) is 1. The summed E-state index contributed by atoms with van der Waals surface area (Å²) in [6.45, 7) is 3.58. The van der Waals surface area contributed by atoms with Crippen LogP contribution in [0.25, 0.3) is 0 Å². The van der Waals surface area contributed by atoms with Crippen molar-refractivity contribution in [3.05, 3.63) is 24.3 Å². The fraction of sp³-hybridized carbons (Fsp3) is 0.462. The van der Waals surface area contributed by atoms with E-state index in [-0.39, 0.29) is 0 Å². The molecule has 1 fully saturated rings. The van der Waals surface area contributed by atoms with Crippen LogP contribution >= 0.6 is 0 Å². The molecule has 1 aromatic carbocycles. The molecule has 0 radical (unpaired) electrons. The highest BCUT2D eigenvalue weighted by Crippen LogP contribution is 2.30. The topological polar surface area (TPSA) is 36.3 Å². The highest BCUT2D eigenvalue weighted by atomic mass is 16.5. The van der Waals surface area contributed by atoms with Gasteiger partial charge in [-0.1, -0.05) is 12.1 Å². The minimum absolute atomic E-state index is 0.665. The average molecular weight is 218 g/mol. The first-order chi connectivity index (χ1) is 7.83. The molecule has 3 nitrogen and oxygen atoms in total. The van der Waals surface area contributed by atoms with Crippen LogP contribution in [0, 0.1) is 5.41 Å². The Hall–Kier alpha value is -1.51. The summed E-state index contributed by atoms with van der Waals surface area (Å²) in [6, 6.07) is 7.98. The Kier molecular flexibility index (Phi) is 3.44. The number of rotatable bonds is 3. The third-order valence-electron chi connectivity index (χ3n) is 2.83. The summed E-state index contributed by atoms with van der Waals surface area (Å²) in [4.78, 5) is 2.06. The van der Waals surface area contributed by atoms with Crippen molar-refractivity contribution in [2.24, 2.45) is 0 Å². The van der Waals surface area contributed by atoms with Crippen LogP contribution < -0.4 is 9.64 Å². The molecule has 0 unspecified atom stereocenters. The highest BCUT2D eigenvalue weighted by molar-refractivity contribution is 5.97. The quantitative estimate of drug-likeness (QED) is 0.846. The molecule has 2 rings (SSSR count). The van der Waals surface area contributed by atoms with Crippen LogP contribution in [0.3, 0.4) is 0 Å². The Morgan fingerprint density at radius 2 is 2.12 bits per heavy atom. The van der Waals surface area contributed by atoms with E-state index in [2.05, 4.69) is 4.90 Å². The first kappa shape index (κ1) is 11.0. The van der Waals surface area contributed by atoms with Crippen LogP contribution in [-0.2, 0) is 0 Å². The van der Waals surface area contributed by atoms with Gasteiger partial charge in [-0.05, 0) is 31.9 Å². The van der Waals surface area contributed by atoms with Crippen molar-refractivity contribution < 1.29 is 4.74 Å². The third kappa shape index (κ3) is 2.18. The van der Waals surface area contributed by atoms with Gasteiger partial charge in [-0.25, -0.2) is 0 Å². The van der Waals surface area contributed by atoms with E-state index in [4.69, 9.17) is 10.1 Å². The van der Waals surface area contributed by atoms with Gasteiger partial charge in [-0.2, -0.15) is 0 Å². The number of amidine groups is 1. The average Bonchev–Trinajstić information content (AvgIpc) is 2.31. The minimum Gasteiger partial charge on any atom is -0.492 e. The maximum Gasteiger partial charge on any atom is 0.142 e. The second-order valence-electron chi connectivity index (χ2n) is 3.96. The Morgan fingerprint density at radius 1 is 1.31 bits per heavy atom. The second kappa shape index (κ2) is 5.01. The summed E-state index contributed by atoms with van der Waals surface area (Å²) in [5.41, 5.74) is 1.04. The Labute approximate surface area is 96.5 Å². The van der Waals surface area contributed by atoms with Gasteiger partial charge in [0.05, 0.1) is 12.3 Å². The standard InChI is InChI=1S/C13H18N2O/c1-2-16-12-8-4-3-7-11(12)15-10-6-5-9-13(15)14/h3-4,7-8,14H,2,5-6,9-10H2,1H3. The molecule has 0 atom stereocenters. The zero-order valence-electron chi connectivity index (χ0n) is 9.70. The zero-order chi connectivity index (χ0) is 11.4. The number of nitrogens with zero attached hydrogens (tertiary/aromatic N) is 1. The van der Waals surface area contributed by atoms with Crippen molar-refractivity contribution >= 4 is 11.5 Å². The van der Waals surface area contributed by atoms with Crippen LogP contribution in [0.4, 0.5) is 5.69 Å². The van der Waals surface area contributed by atoms with Crippen LogP contribution in [0.15, 0.2) is 24.3 Å². The maximum atomic E-state index is 7.98. The van der Waals surface area contributed by atoms with E-state index in [9.17, 15) is 0 Å². The van der Waals surface area contributed by atoms with Gasteiger partial charge in [-0.15, -0.1) is 0 Å². The summed E-state index contributed by atoms with van der Waals surface area (Å²) in [6.07, 6.45) is 3.16. The molecule has 0 aromatic heterocycles. The summed E-state index contributed by atoms with van der Waals surface area (Å²) in [5, 5.41) is 7.98. The Balaban J connectivity index is 2.27. The maximum absolute atomic E-state index is 7.98. The molecule has 1 saturated heterocycles. The Morgan fingerprint density at radius 3 is 2.88 bits per heavy atom. The number of piperidine rings is 1. The van der Waals surface area contributed by atoms with E-state index in [1.165, 1.54) is 0 Å². The van der Waals surface area contributed by atoms with Crippen LogP contribution in [0.1, 0.15) is 26.2 Å². The molecule has 0 spiro atoms. The summed E-state index contributed by atoms with van der Waals surface area (Å²) in [7, 11) is 0. The SMILES string of the molecule is CCOc1ccccc1N1CCCCC1=N. The normalized spacial score (nSPS) is 16.3. The lowest BCUT2D eigenvalue weighted by atomic mass is 10.1. The predicted octanol–water partition coefficient (Wildman–Crippen LogP) is 3.05. The monoisotopic (exact) mass is 218 g/mol. The van der Waals surface area contributed by atoms with Crippen LogP contribution in [0.2, 0.25) is 0 Å². The molecular formula is C13H18N2O. The number of hydrogen-bond acceptors (Lipinski definition) is 2. The molecule has 1 heterocycles. The smallest absolute Gasteiger partial charge is 0.142 e. The van der Waals surface area contributed by atoms with E-state index in [1.54, 1.807) is 0 Å². The van der Waals surface area contributed by atoms with Crippen molar-refractivity contribution in [3.8, 4) is 5.75 Å². The lowest BCUT2D eigenvalue weighted by molar-refractivity contribution is 0.341. The first-order valence-corrected chi connectivity index (χ1v) is 5.89. The molecule has 1 N–H and O–H groups in total. The van der Waals surface area contributed by atoms with Crippen molar-refractivity contribution in [1.29, 1.82) is 5.41 Å². The number of ether oxygens (including phenoxy) is 1. The van der Waals surface area contributed by atoms with Gasteiger partial charge in [0.25, 0.3) is 0 Å². The number of benzene rings is 1. The van der Waals surface area contributed by atoms with E-state index in [0.29, 0.717) is 12.4 Å². The van der Waals surface area contributed by atoms with Gasteiger partial charge in [0.1, 0.15) is 11.6 Å². The molecule has 0 amide bonds. The molecule has 0 aliphatic carbocycles. The molecule has 1 aromatic rings. The minimum atomic E-state index is 0.665. The summed E-state index contributed by atoms with van der Waals surface area (Å²) in [5.74, 6) is 1.59. The van der Waals surface area contributed by atoms with E-state index in [1.807, 2.05) is 31.2 Å². The molecular weight excluding hydrogens is 200 g/mol. The van der Waals surface area contributed by atoms with Gasteiger partial charge < -0.3 is 9.64 Å². The second-order valence-corrected chi connectivity index (χ2v) is 3.96.